The van der Waals surface area contributed by atoms with Crippen LogP contribution < -0.4 is 5.32 Å². The second-order valence-corrected chi connectivity index (χ2v) is 8.30. The summed E-state index contributed by atoms with van der Waals surface area (Å²) in [5, 5.41) is 6.38. The van der Waals surface area contributed by atoms with Gasteiger partial charge in [0.05, 0.1) is 6.04 Å². The highest BCUT2D eigenvalue weighted by Crippen LogP contribution is 2.27. The highest BCUT2D eigenvalue weighted by atomic mass is 79.9. The summed E-state index contributed by atoms with van der Waals surface area (Å²) in [5.74, 6) is 0.0975. The molecule has 0 saturated heterocycles. The quantitative estimate of drug-likeness (QED) is 0.296. The lowest BCUT2D eigenvalue weighted by Gasteiger charge is -2.20. The molecule has 0 aliphatic rings. The minimum atomic E-state index is -0.160. The lowest BCUT2D eigenvalue weighted by Crippen LogP contribution is -2.16. The first-order valence-corrected chi connectivity index (χ1v) is 10.6. The number of carbonyl (C=O) groups excluding carboxylic acids is 1. The molecule has 0 bridgehead atoms. The number of hydrogen-bond donors (Lipinski definition) is 1. The van der Waals surface area contributed by atoms with Gasteiger partial charge in [0.15, 0.2) is 5.78 Å². The molecule has 2 nitrogen and oxygen atoms in total. The highest BCUT2D eigenvalue weighted by Gasteiger charge is 2.18. The number of nitrogens with one attached hydrogen (secondary N) is 1. The summed E-state index contributed by atoms with van der Waals surface area (Å²) >= 11 is 9.52. The van der Waals surface area contributed by atoms with Crippen LogP contribution in [0.5, 0.6) is 0 Å². The van der Waals surface area contributed by atoms with Crippen LogP contribution in [0.3, 0.4) is 0 Å². The number of fused-ring (bicyclic) bond motifs is 1. The summed E-state index contributed by atoms with van der Waals surface area (Å²) in [6.07, 6.45) is 0.343. The van der Waals surface area contributed by atoms with Gasteiger partial charge in [-0.05, 0) is 58.8 Å². The summed E-state index contributed by atoms with van der Waals surface area (Å²) in [5.41, 5.74) is 2.70. The van der Waals surface area contributed by atoms with Crippen LogP contribution >= 0.6 is 27.5 Å². The average molecular weight is 465 g/mol. The number of carbonyl (C=O) groups is 1. The Kier molecular flexibility index (Phi) is 5.98. The Morgan fingerprint density at radius 2 is 1.55 bits per heavy atom. The summed E-state index contributed by atoms with van der Waals surface area (Å²) in [4.78, 5) is 13.1. The van der Waals surface area contributed by atoms with E-state index in [1.807, 2.05) is 84.9 Å². The minimum absolute atomic E-state index is 0.0975. The minimum Gasteiger partial charge on any atom is -0.378 e. The molecular weight excluding hydrogens is 446 g/mol. The molecule has 0 saturated carbocycles. The van der Waals surface area contributed by atoms with Crippen LogP contribution in [-0.4, -0.2) is 5.78 Å². The van der Waals surface area contributed by atoms with E-state index in [9.17, 15) is 4.79 Å². The summed E-state index contributed by atoms with van der Waals surface area (Å²) < 4.78 is 1.01. The fraction of sp³-hybridized carbons (Fsp3) is 0.0800. The molecular formula is C25H19BrClNO. The molecule has 4 aromatic carbocycles. The number of Topliss-reactive ketones (excluding diaryl/α,β-unsaturated/α-hetero) is 1. The van der Waals surface area contributed by atoms with Crippen LogP contribution in [0.4, 0.5) is 5.69 Å². The molecule has 0 spiro atoms. The second-order valence-electron chi connectivity index (χ2n) is 6.94. The fourth-order valence-corrected chi connectivity index (χ4v) is 3.75. The monoisotopic (exact) mass is 463 g/mol. The van der Waals surface area contributed by atoms with Crippen molar-refractivity contribution in [3.8, 4) is 0 Å². The molecule has 0 amide bonds. The summed E-state index contributed by atoms with van der Waals surface area (Å²) in [6, 6.07) is 29.4. The highest BCUT2D eigenvalue weighted by molar-refractivity contribution is 9.10. The van der Waals surface area contributed by atoms with Crippen molar-refractivity contribution in [3.63, 3.8) is 0 Å². The number of ketones is 1. The van der Waals surface area contributed by atoms with Crippen LogP contribution in [-0.2, 0) is 0 Å². The van der Waals surface area contributed by atoms with E-state index in [1.165, 1.54) is 0 Å². The second kappa shape index (κ2) is 8.81. The molecule has 29 heavy (non-hydrogen) atoms. The number of benzene rings is 4. The maximum absolute atomic E-state index is 13.1. The third kappa shape index (κ3) is 4.87. The first-order chi connectivity index (χ1) is 14.1. The summed E-state index contributed by atoms with van der Waals surface area (Å²) in [7, 11) is 0. The predicted octanol–water partition coefficient (Wildman–Crippen LogP) is 7.68. The zero-order chi connectivity index (χ0) is 20.2. The van der Waals surface area contributed by atoms with Crippen molar-refractivity contribution >= 4 is 49.8 Å². The van der Waals surface area contributed by atoms with Crippen molar-refractivity contribution in [2.45, 2.75) is 12.5 Å². The Hall–Kier alpha value is -2.62. The van der Waals surface area contributed by atoms with E-state index in [1.54, 1.807) is 0 Å². The van der Waals surface area contributed by atoms with Gasteiger partial charge in [-0.2, -0.15) is 0 Å². The van der Waals surface area contributed by atoms with Crippen LogP contribution in [0.25, 0.3) is 10.8 Å². The molecule has 1 atom stereocenters. The van der Waals surface area contributed by atoms with E-state index in [0.29, 0.717) is 11.4 Å². The number of hydrogen-bond acceptors (Lipinski definition) is 2. The predicted molar refractivity (Wildman–Crippen MR) is 125 cm³/mol. The molecule has 1 N–H and O–H groups in total. The molecule has 4 rings (SSSR count). The first kappa shape index (κ1) is 19.7. The topological polar surface area (TPSA) is 29.1 Å². The standard InChI is InChI=1S/C25H19BrClNO/c26-21-9-13-23(14-10-21)28-24(18-7-11-22(27)12-8-18)16-25(29)20-6-5-17-3-1-2-4-19(17)15-20/h1-15,24,28H,16H2. The number of halogens is 2. The number of anilines is 1. The molecule has 4 aromatic rings. The molecule has 4 heteroatoms. The van der Waals surface area contributed by atoms with Gasteiger partial charge >= 0.3 is 0 Å². The molecule has 0 aliphatic carbocycles. The third-order valence-electron chi connectivity index (χ3n) is 4.92. The van der Waals surface area contributed by atoms with Crippen LogP contribution in [0, 0.1) is 0 Å². The summed E-state index contributed by atoms with van der Waals surface area (Å²) in [6.45, 7) is 0. The van der Waals surface area contributed by atoms with Gasteiger partial charge in [0, 0.05) is 27.2 Å². The van der Waals surface area contributed by atoms with Crippen LogP contribution in [0.15, 0.2) is 95.5 Å². The normalized spacial score (nSPS) is 11.9. The Morgan fingerprint density at radius 1 is 0.862 bits per heavy atom. The van der Waals surface area contributed by atoms with Crippen molar-refractivity contribution in [1.29, 1.82) is 0 Å². The van der Waals surface area contributed by atoms with Crippen molar-refractivity contribution in [1.82, 2.24) is 0 Å². The van der Waals surface area contributed by atoms with Gasteiger partial charge < -0.3 is 5.32 Å². The Morgan fingerprint density at radius 3 is 2.28 bits per heavy atom. The molecule has 144 valence electrons. The lowest BCUT2D eigenvalue weighted by atomic mass is 9.96. The maximum Gasteiger partial charge on any atom is 0.165 e. The zero-order valence-corrected chi connectivity index (χ0v) is 18.0. The number of rotatable bonds is 6. The van der Waals surface area contributed by atoms with E-state index in [4.69, 9.17) is 11.6 Å². The van der Waals surface area contributed by atoms with Gasteiger partial charge in [0.25, 0.3) is 0 Å². The zero-order valence-electron chi connectivity index (χ0n) is 15.6. The van der Waals surface area contributed by atoms with Crippen LogP contribution in [0.1, 0.15) is 28.4 Å². The van der Waals surface area contributed by atoms with E-state index in [2.05, 4.69) is 27.3 Å². The van der Waals surface area contributed by atoms with E-state index in [-0.39, 0.29) is 11.8 Å². The third-order valence-corrected chi connectivity index (χ3v) is 5.70. The average Bonchev–Trinajstić information content (AvgIpc) is 2.75. The van der Waals surface area contributed by atoms with Gasteiger partial charge in [0.2, 0.25) is 0 Å². The molecule has 0 aliphatic heterocycles. The SMILES string of the molecule is O=C(CC(Nc1ccc(Br)cc1)c1ccc(Cl)cc1)c1ccc2ccccc2c1. The Balaban J connectivity index is 1.61. The van der Waals surface area contributed by atoms with E-state index in [0.717, 1.165) is 32.1 Å². The van der Waals surface area contributed by atoms with Crippen molar-refractivity contribution < 1.29 is 4.79 Å². The Bertz CT molecular complexity index is 1140. The van der Waals surface area contributed by atoms with E-state index >= 15 is 0 Å². The van der Waals surface area contributed by atoms with Crippen molar-refractivity contribution in [2.24, 2.45) is 0 Å². The van der Waals surface area contributed by atoms with Crippen molar-refractivity contribution in [3.05, 3.63) is 112 Å². The fourth-order valence-electron chi connectivity index (χ4n) is 3.36. The lowest BCUT2D eigenvalue weighted by molar-refractivity contribution is 0.0976. The van der Waals surface area contributed by atoms with Crippen molar-refractivity contribution in [2.75, 3.05) is 5.32 Å². The van der Waals surface area contributed by atoms with Gasteiger partial charge in [-0.25, -0.2) is 0 Å². The van der Waals surface area contributed by atoms with Gasteiger partial charge in [-0.1, -0.05) is 76.1 Å². The van der Waals surface area contributed by atoms with Crippen LogP contribution in [0.2, 0.25) is 5.02 Å². The smallest absolute Gasteiger partial charge is 0.165 e. The maximum atomic E-state index is 13.1. The largest absolute Gasteiger partial charge is 0.378 e. The van der Waals surface area contributed by atoms with Gasteiger partial charge in [-0.15, -0.1) is 0 Å². The van der Waals surface area contributed by atoms with E-state index < -0.39 is 0 Å². The molecule has 0 radical (unpaired) electrons. The first-order valence-electron chi connectivity index (χ1n) is 9.38. The molecule has 1 unspecified atom stereocenters. The van der Waals surface area contributed by atoms with Gasteiger partial charge in [0.1, 0.15) is 0 Å². The Labute approximate surface area is 183 Å². The van der Waals surface area contributed by atoms with Gasteiger partial charge in [-0.3, -0.25) is 4.79 Å². The molecule has 0 fully saturated rings. The molecule has 0 heterocycles. The molecule has 0 aromatic heterocycles.